The Morgan fingerprint density at radius 2 is 2.10 bits per heavy atom. The zero-order chi connectivity index (χ0) is 7.98. The summed E-state index contributed by atoms with van der Waals surface area (Å²) >= 11 is 3.36. The van der Waals surface area contributed by atoms with E-state index in [1.165, 1.54) is 0 Å². The van der Waals surface area contributed by atoms with Gasteiger partial charge >= 0.3 is 0 Å². The number of hydrogen-bond donors (Lipinski definition) is 1. The molecule has 10 heavy (non-hydrogen) atoms. The van der Waals surface area contributed by atoms with Crippen LogP contribution in [-0.4, -0.2) is 0 Å². The van der Waals surface area contributed by atoms with E-state index in [4.69, 9.17) is 5.73 Å². The molecule has 1 aliphatic carbocycles. The average Bonchev–Trinajstić information content (AvgIpc) is 2.00. The van der Waals surface area contributed by atoms with E-state index in [0.29, 0.717) is 0 Å². The van der Waals surface area contributed by atoms with Crippen LogP contribution in [0.3, 0.4) is 0 Å². The van der Waals surface area contributed by atoms with Gasteiger partial charge in [0.2, 0.25) is 0 Å². The monoisotopic (exact) mass is 203 g/mol. The second-order valence-corrected chi connectivity index (χ2v) is 2.76. The van der Waals surface area contributed by atoms with E-state index in [2.05, 4.69) is 22.0 Å². The van der Waals surface area contributed by atoms with Crippen molar-refractivity contribution in [1.29, 1.82) is 0 Å². The summed E-state index contributed by atoms with van der Waals surface area (Å²) in [5.74, 6) is 0. The lowest BCUT2D eigenvalue weighted by Gasteiger charge is -2.04. The van der Waals surface area contributed by atoms with Gasteiger partial charge in [-0.3, -0.25) is 0 Å². The molecular weight excluding hydrogens is 190 g/mol. The Morgan fingerprint density at radius 3 is 2.40 bits per heavy atom. The lowest BCUT2D eigenvalue weighted by molar-refractivity contribution is 0.998. The first-order valence-electron chi connectivity index (χ1n) is 3.61. The molecule has 0 aromatic carbocycles. The van der Waals surface area contributed by atoms with Crippen molar-refractivity contribution < 1.29 is 0 Å². The predicted molar refractivity (Wildman–Crippen MR) is 49.9 cm³/mol. The molecule has 0 spiro atoms. The molecule has 0 aromatic rings. The molecule has 58 valence electrons. The molecule has 2 heteroatoms. The van der Waals surface area contributed by atoms with E-state index in [1.54, 1.807) is 0 Å². The molecule has 0 bridgehead atoms. The Bertz CT molecular complexity index is 147. The maximum Gasteiger partial charge on any atom is 0.0413 e. The van der Waals surface area contributed by atoms with E-state index in [9.17, 15) is 0 Å². The maximum atomic E-state index is 5.52. The van der Waals surface area contributed by atoms with Gasteiger partial charge in [-0.1, -0.05) is 35.9 Å². The average molecular weight is 204 g/mol. The Kier molecular flexibility index (Phi) is 5.40. The molecule has 2 N–H and O–H groups in total. The van der Waals surface area contributed by atoms with Crippen LogP contribution in [0.5, 0.6) is 0 Å². The molecule has 0 unspecified atom stereocenters. The van der Waals surface area contributed by atoms with Crippen molar-refractivity contribution >= 4 is 15.9 Å². The molecule has 0 radical (unpaired) electrons. The van der Waals surface area contributed by atoms with Crippen LogP contribution in [0, 0.1) is 0 Å². The summed E-state index contributed by atoms with van der Waals surface area (Å²) in [6.45, 7) is 4.00. The highest BCUT2D eigenvalue weighted by Gasteiger charge is 1.99. The van der Waals surface area contributed by atoms with Crippen LogP contribution in [0.25, 0.3) is 0 Å². The van der Waals surface area contributed by atoms with Crippen molar-refractivity contribution in [3.05, 3.63) is 22.3 Å². The summed E-state index contributed by atoms with van der Waals surface area (Å²) < 4.78 is 1.14. The minimum absolute atomic E-state index is 0.872. The van der Waals surface area contributed by atoms with Gasteiger partial charge in [-0.15, -0.1) is 0 Å². The Labute approximate surface area is 71.1 Å². The van der Waals surface area contributed by atoms with Gasteiger partial charge in [0, 0.05) is 10.2 Å². The summed E-state index contributed by atoms with van der Waals surface area (Å²) in [5.41, 5.74) is 6.40. The van der Waals surface area contributed by atoms with Crippen molar-refractivity contribution in [1.82, 2.24) is 0 Å². The van der Waals surface area contributed by atoms with Gasteiger partial charge in [0.05, 0.1) is 0 Å². The lowest BCUT2D eigenvalue weighted by Crippen LogP contribution is -1.98. The third kappa shape index (κ3) is 3.06. The molecule has 1 aliphatic rings. The van der Waals surface area contributed by atoms with Crippen molar-refractivity contribution in [2.45, 2.75) is 26.7 Å². The molecule has 0 fully saturated rings. The summed E-state index contributed by atoms with van der Waals surface area (Å²) in [4.78, 5) is 0. The molecule has 1 nitrogen and oxygen atoms in total. The first-order valence-corrected chi connectivity index (χ1v) is 4.40. The molecule has 1 rings (SSSR count). The normalized spacial score (nSPS) is 16.3. The van der Waals surface area contributed by atoms with Crippen LogP contribution in [0.15, 0.2) is 22.3 Å². The van der Waals surface area contributed by atoms with E-state index in [1.807, 2.05) is 19.9 Å². The van der Waals surface area contributed by atoms with Crippen molar-refractivity contribution in [3.8, 4) is 0 Å². The van der Waals surface area contributed by atoms with E-state index < -0.39 is 0 Å². The largest absolute Gasteiger partial charge is 0.398 e. The molecular formula is C8H14BrN. The number of halogens is 1. The highest BCUT2D eigenvalue weighted by molar-refractivity contribution is 9.11. The molecule has 0 amide bonds. The predicted octanol–water partition coefficient (Wildman–Crippen LogP) is 2.93. The topological polar surface area (TPSA) is 26.0 Å². The lowest BCUT2D eigenvalue weighted by atomic mass is 10.2. The fraction of sp³-hybridized carbons (Fsp3) is 0.500. The Balaban J connectivity index is 0.000000371. The van der Waals surface area contributed by atoms with Gasteiger partial charge in [-0.05, 0) is 18.9 Å². The number of nitrogens with two attached hydrogens (primary N) is 1. The molecule has 0 saturated carbocycles. The second kappa shape index (κ2) is 5.54. The summed E-state index contributed by atoms with van der Waals surface area (Å²) in [5, 5.41) is 0. The molecule has 0 atom stereocenters. The molecule has 0 heterocycles. The van der Waals surface area contributed by atoms with Gasteiger partial charge in [-0.25, -0.2) is 0 Å². The fourth-order valence-corrected chi connectivity index (χ4v) is 1.02. The maximum absolute atomic E-state index is 5.52. The van der Waals surface area contributed by atoms with Gasteiger partial charge in [0.1, 0.15) is 0 Å². The minimum Gasteiger partial charge on any atom is -0.398 e. The Morgan fingerprint density at radius 1 is 1.50 bits per heavy atom. The van der Waals surface area contributed by atoms with Gasteiger partial charge in [0.15, 0.2) is 0 Å². The van der Waals surface area contributed by atoms with Crippen molar-refractivity contribution in [2.24, 2.45) is 5.73 Å². The van der Waals surface area contributed by atoms with Crippen LogP contribution in [-0.2, 0) is 0 Å². The highest BCUT2D eigenvalue weighted by Crippen LogP contribution is 2.20. The zero-order valence-corrected chi connectivity index (χ0v) is 8.11. The summed E-state index contributed by atoms with van der Waals surface area (Å²) in [7, 11) is 0. The summed E-state index contributed by atoms with van der Waals surface area (Å²) in [6, 6.07) is 0. The first-order chi connectivity index (χ1) is 4.80. The van der Waals surface area contributed by atoms with Crippen LogP contribution >= 0.6 is 15.9 Å². The molecule has 0 saturated heterocycles. The standard InChI is InChI=1S/C6H8BrN.C2H6/c7-5-3-1-2-4-6(5)8;1-2/h2,4H,1,3,8H2;1-2H3. The molecule has 0 aromatic heterocycles. The highest BCUT2D eigenvalue weighted by atomic mass is 79.9. The van der Waals surface area contributed by atoms with E-state index >= 15 is 0 Å². The van der Waals surface area contributed by atoms with E-state index in [-0.39, 0.29) is 0 Å². The third-order valence-electron chi connectivity index (χ3n) is 1.14. The zero-order valence-electron chi connectivity index (χ0n) is 6.52. The van der Waals surface area contributed by atoms with Crippen molar-refractivity contribution in [3.63, 3.8) is 0 Å². The van der Waals surface area contributed by atoms with Gasteiger partial charge < -0.3 is 5.73 Å². The number of allylic oxidation sites excluding steroid dienone is 3. The van der Waals surface area contributed by atoms with E-state index in [0.717, 1.165) is 23.0 Å². The number of rotatable bonds is 0. The third-order valence-corrected chi connectivity index (χ3v) is 2.00. The van der Waals surface area contributed by atoms with Crippen LogP contribution in [0.2, 0.25) is 0 Å². The van der Waals surface area contributed by atoms with Crippen molar-refractivity contribution in [2.75, 3.05) is 0 Å². The minimum atomic E-state index is 0.872. The quantitative estimate of drug-likeness (QED) is 0.644. The summed E-state index contributed by atoms with van der Waals surface area (Å²) in [6.07, 6.45) is 6.19. The van der Waals surface area contributed by atoms with Crippen LogP contribution < -0.4 is 5.73 Å². The van der Waals surface area contributed by atoms with Gasteiger partial charge in [0.25, 0.3) is 0 Å². The Hall–Kier alpha value is -0.240. The first kappa shape index (κ1) is 9.76. The van der Waals surface area contributed by atoms with Gasteiger partial charge in [-0.2, -0.15) is 0 Å². The fourth-order valence-electron chi connectivity index (χ4n) is 0.655. The van der Waals surface area contributed by atoms with Crippen LogP contribution in [0.4, 0.5) is 0 Å². The van der Waals surface area contributed by atoms with Crippen LogP contribution in [0.1, 0.15) is 26.7 Å². The SMILES string of the molecule is CC.NC1=C(Br)CCC=C1. The number of hydrogen-bond acceptors (Lipinski definition) is 1. The smallest absolute Gasteiger partial charge is 0.0413 e. The second-order valence-electron chi connectivity index (χ2n) is 1.80. The molecule has 0 aliphatic heterocycles.